The van der Waals surface area contributed by atoms with Crippen molar-refractivity contribution in [3.05, 3.63) is 47.3 Å². The number of para-hydroxylation sites is 1. The Labute approximate surface area is 143 Å². The predicted octanol–water partition coefficient (Wildman–Crippen LogP) is 3.02. The van der Waals surface area contributed by atoms with E-state index in [0.29, 0.717) is 12.1 Å². The van der Waals surface area contributed by atoms with Crippen molar-refractivity contribution >= 4 is 5.91 Å². The maximum atomic E-state index is 12.4. The molecule has 24 heavy (non-hydrogen) atoms. The summed E-state index contributed by atoms with van der Waals surface area (Å²) in [6.07, 6.45) is 3.32. The van der Waals surface area contributed by atoms with Crippen LogP contribution in [0.2, 0.25) is 0 Å². The molecule has 0 atom stereocenters. The van der Waals surface area contributed by atoms with E-state index < -0.39 is 0 Å². The molecular formula is C19H27N3O2. The van der Waals surface area contributed by atoms with Crippen LogP contribution in [0.1, 0.15) is 48.3 Å². The lowest BCUT2D eigenvalue weighted by Gasteiger charge is -2.21. The molecular weight excluding hydrogens is 302 g/mol. The van der Waals surface area contributed by atoms with Crippen molar-refractivity contribution in [1.29, 1.82) is 0 Å². The van der Waals surface area contributed by atoms with Crippen LogP contribution in [0, 0.1) is 19.3 Å². The summed E-state index contributed by atoms with van der Waals surface area (Å²) >= 11 is 0. The van der Waals surface area contributed by atoms with Gasteiger partial charge in [0.25, 0.3) is 5.91 Å². The maximum absolute atomic E-state index is 12.4. The van der Waals surface area contributed by atoms with Gasteiger partial charge in [0.15, 0.2) is 0 Å². The average molecular weight is 329 g/mol. The van der Waals surface area contributed by atoms with Gasteiger partial charge in [0.05, 0.1) is 23.1 Å². The summed E-state index contributed by atoms with van der Waals surface area (Å²) in [6, 6.07) is 7.97. The Bertz CT molecular complexity index is 704. The van der Waals surface area contributed by atoms with Crippen LogP contribution in [0.3, 0.4) is 0 Å². The molecule has 1 aromatic heterocycles. The molecule has 130 valence electrons. The molecule has 0 aliphatic heterocycles. The molecule has 0 fully saturated rings. The summed E-state index contributed by atoms with van der Waals surface area (Å²) in [6.45, 7) is 8.72. The molecule has 0 spiro atoms. The van der Waals surface area contributed by atoms with Crippen LogP contribution in [0.5, 0.6) is 0 Å². The van der Waals surface area contributed by atoms with Crippen molar-refractivity contribution in [3.8, 4) is 5.69 Å². The van der Waals surface area contributed by atoms with Crippen LogP contribution in [-0.4, -0.2) is 33.9 Å². The molecule has 1 amide bonds. The Balaban J connectivity index is 2.01. The number of aryl methyl sites for hydroxylation is 1. The van der Waals surface area contributed by atoms with Gasteiger partial charge in [-0.3, -0.25) is 4.79 Å². The highest BCUT2D eigenvalue weighted by molar-refractivity contribution is 5.95. The largest absolute Gasteiger partial charge is 0.396 e. The van der Waals surface area contributed by atoms with Gasteiger partial charge in [-0.15, -0.1) is 0 Å². The number of hydrogen-bond donors (Lipinski definition) is 2. The highest BCUT2D eigenvalue weighted by Gasteiger charge is 2.17. The van der Waals surface area contributed by atoms with E-state index in [4.69, 9.17) is 0 Å². The number of benzene rings is 1. The van der Waals surface area contributed by atoms with Crippen molar-refractivity contribution in [2.24, 2.45) is 5.41 Å². The second-order valence-corrected chi connectivity index (χ2v) is 7.02. The van der Waals surface area contributed by atoms with Crippen LogP contribution in [0.4, 0.5) is 0 Å². The van der Waals surface area contributed by atoms with Gasteiger partial charge in [0.1, 0.15) is 0 Å². The molecule has 2 N–H and O–H groups in total. The number of aliphatic hydroxyl groups is 1. The normalized spacial score (nSPS) is 11.5. The van der Waals surface area contributed by atoms with Crippen molar-refractivity contribution in [3.63, 3.8) is 0 Å². The van der Waals surface area contributed by atoms with Crippen LogP contribution < -0.4 is 5.32 Å². The van der Waals surface area contributed by atoms with Gasteiger partial charge in [-0.2, -0.15) is 5.10 Å². The fraction of sp³-hybridized carbons (Fsp3) is 0.474. The van der Waals surface area contributed by atoms with Gasteiger partial charge in [-0.05, 0) is 43.7 Å². The number of carbonyl (C=O) groups is 1. The topological polar surface area (TPSA) is 67.2 Å². The zero-order valence-corrected chi connectivity index (χ0v) is 15.0. The number of aliphatic hydroxyl groups excluding tert-OH is 1. The summed E-state index contributed by atoms with van der Waals surface area (Å²) in [7, 11) is 0. The lowest BCUT2D eigenvalue weighted by atomic mass is 9.89. The Morgan fingerprint density at radius 3 is 2.67 bits per heavy atom. The van der Waals surface area contributed by atoms with Gasteiger partial charge >= 0.3 is 0 Å². The quantitative estimate of drug-likeness (QED) is 0.767. The van der Waals surface area contributed by atoms with Crippen LogP contribution in [-0.2, 0) is 0 Å². The van der Waals surface area contributed by atoms with Crippen LogP contribution in [0.15, 0.2) is 30.5 Å². The van der Waals surface area contributed by atoms with Crippen molar-refractivity contribution in [2.75, 3.05) is 13.2 Å². The highest BCUT2D eigenvalue weighted by atomic mass is 16.3. The molecule has 0 saturated heterocycles. The van der Waals surface area contributed by atoms with Crippen LogP contribution in [0.25, 0.3) is 5.69 Å². The fourth-order valence-electron chi connectivity index (χ4n) is 2.62. The third-order valence-corrected chi connectivity index (χ3v) is 4.34. The van der Waals surface area contributed by atoms with Gasteiger partial charge in [-0.25, -0.2) is 4.68 Å². The van der Waals surface area contributed by atoms with E-state index in [9.17, 15) is 9.90 Å². The lowest BCUT2D eigenvalue weighted by molar-refractivity contribution is 0.0948. The summed E-state index contributed by atoms with van der Waals surface area (Å²) in [4.78, 5) is 12.4. The fourth-order valence-corrected chi connectivity index (χ4v) is 2.62. The number of aromatic nitrogens is 2. The first-order valence-electron chi connectivity index (χ1n) is 8.35. The van der Waals surface area contributed by atoms with Crippen LogP contribution >= 0.6 is 0 Å². The van der Waals surface area contributed by atoms with E-state index in [-0.39, 0.29) is 17.9 Å². The van der Waals surface area contributed by atoms with E-state index in [1.165, 1.54) is 0 Å². The first-order valence-corrected chi connectivity index (χ1v) is 8.35. The molecule has 2 aromatic rings. The Kier molecular flexibility index (Phi) is 5.78. The first kappa shape index (κ1) is 18.2. The molecule has 5 heteroatoms. The number of nitrogens with zero attached hydrogens (tertiary/aromatic N) is 2. The molecule has 0 saturated carbocycles. The van der Waals surface area contributed by atoms with E-state index in [0.717, 1.165) is 29.8 Å². The molecule has 0 aliphatic rings. The number of nitrogens with one attached hydrogen (secondary N) is 1. The number of rotatable bonds is 7. The first-order chi connectivity index (χ1) is 11.4. The SMILES string of the molecule is Cc1ccccc1-n1ncc(C(=O)NCCCC(C)(C)CO)c1C. The van der Waals surface area contributed by atoms with Crippen molar-refractivity contribution in [2.45, 2.75) is 40.5 Å². The zero-order chi connectivity index (χ0) is 17.7. The maximum Gasteiger partial charge on any atom is 0.254 e. The van der Waals surface area contributed by atoms with E-state index >= 15 is 0 Å². The highest BCUT2D eigenvalue weighted by Crippen LogP contribution is 2.21. The second kappa shape index (κ2) is 7.62. The Morgan fingerprint density at radius 1 is 1.29 bits per heavy atom. The Hall–Kier alpha value is -2.14. The van der Waals surface area contributed by atoms with E-state index in [2.05, 4.69) is 10.4 Å². The predicted molar refractivity (Wildman–Crippen MR) is 95.5 cm³/mol. The standard InChI is InChI=1S/C19H27N3O2/c1-14-8-5-6-9-17(14)22-15(2)16(12-21-22)18(24)20-11-7-10-19(3,4)13-23/h5-6,8-9,12,23H,7,10-11,13H2,1-4H3,(H,20,24). The van der Waals surface area contributed by atoms with Crippen molar-refractivity contribution in [1.82, 2.24) is 15.1 Å². The third kappa shape index (κ3) is 4.23. The summed E-state index contributed by atoms with van der Waals surface area (Å²) in [5, 5.41) is 16.6. The minimum Gasteiger partial charge on any atom is -0.396 e. The number of hydrogen-bond acceptors (Lipinski definition) is 3. The molecule has 2 rings (SSSR count). The minimum absolute atomic E-state index is 0.101. The van der Waals surface area contributed by atoms with E-state index in [1.807, 2.05) is 52.0 Å². The second-order valence-electron chi connectivity index (χ2n) is 7.02. The lowest BCUT2D eigenvalue weighted by Crippen LogP contribution is -2.26. The van der Waals surface area contributed by atoms with Gasteiger partial charge in [0, 0.05) is 13.2 Å². The molecule has 0 unspecified atom stereocenters. The van der Waals surface area contributed by atoms with E-state index in [1.54, 1.807) is 10.9 Å². The number of carbonyl (C=O) groups excluding carboxylic acids is 1. The summed E-state index contributed by atoms with van der Waals surface area (Å²) in [5.41, 5.74) is 3.42. The van der Waals surface area contributed by atoms with Gasteiger partial charge in [-0.1, -0.05) is 32.0 Å². The molecule has 1 heterocycles. The number of amides is 1. The van der Waals surface area contributed by atoms with Gasteiger partial charge < -0.3 is 10.4 Å². The molecule has 5 nitrogen and oxygen atoms in total. The zero-order valence-electron chi connectivity index (χ0n) is 15.0. The third-order valence-electron chi connectivity index (χ3n) is 4.34. The molecule has 1 aromatic carbocycles. The monoisotopic (exact) mass is 329 g/mol. The smallest absolute Gasteiger partial charge is 0.254 e. The molecule has 0 radical (unpaired) electrons. The summed E-state index contributed by atoms with van der Waals surface area (Å²) in [5.74, 6) is -0.103. The Morgan fingerprint density at radius 2 is 2.00 bits per heavy atom. The van der Waals surface area contributed by atoms with Gasteiger partial charge in [0.2, 0.25) is 0 Å². The minimum atomic E-state index is -0.103. The van der Waals surface area contributed by atoms with Crippen molar-refractivity contribution < 1.29 is 9.90 Å². The summed E-state index contributed by atoms with van der Waals surface area (Å²) < 4.78 is 1.80. The molecule has 0 aliphatic carbocycles. The molecule has 0 bridgehead atoms. The average Bonchev–Trinajstić information content (AvgIpc) is 2.93.